The zero-order valence-corrected chi connectivity index (χ0v) is 6.88. The van der Waals surface area contributed by atoms with Crippen LogP contribution in [-0.2, 0) is 9.78 Å². The zero-order chi connectivity index (χ0) is 7.94. The summed E-state index contributed by atoms with van der Waals surface area (Å²) in [7, 11) is 0. The van der Waals surface area contributed by atoms with E-state index in [1.807, 2.05) is 12.2 Å². The van der Waals surface area contributed by atoms with Crippen LogP contribution in [0.1, 0.15) is 32.6 Å². The van der Waals surface area contributed by atoms with Gasteiger partial charge in [-0.15, -0.1) is 0 Å². The lowest BCUT2D eigenvalue weighted by Gasteiger charge is -2.08. The van der Waals surface area contributed by atoms with Gasteiger partial charge in [0.1, 0.15) is 6.26 Å². The van der Waals surface area contributed by atoms with E-state index >= 15 is 0 Å². The van der Waals surface area contributed by atoms with Gasteiger partial charge in [-0.3, -0.25) is 9.78 Å². The molecule has 1 aliphatic heterocycles. The van der Waals surface area contributed by atoms with E-state index in [2.05, 4.69) is 11.8 Å². The number of unbranched alkanes of at least 4 members (excludes halogenated alkanes) is 2. The average molecular weight is 154 g/mol. The number of rotatable bonds is 4. The summed E-state index contributed by atoms with van der Waals surface area (Å²) in [6, 6.07) is 0. The molecule has 1 rings (SSSR count). The van der Waals surface area contributed by atoms with Crippen LogP contribution in [0.25, 0.3) is 0 Å². The van der Waals surface area contributed by atoms with Crippen LogP contribution < -0.4 is 0 Å². The van der Waals surface area contributed by atoms with Gasteiger partial charge in [-0.25, -0.2) is 0 Å². The molecule has 0 saturated heterocycles. The maximum absolute atomic E-state index is 4.90. The minimum Gasteiger partial charge on any atom is -0.298 e. The van der Waals surface area contributed by atoms with Crippen molar-refractivity contribution in [3.63, 3.8) is 0 Å². The molecule has 2 heteroatoms. The fourth-order valence-corrected chi connectivity index (χ4v) is 0.970. The second kappa shape index (κ2) is 4.83. The third-order valence-electron chi connectivity index (χ3n) is 1.60. The van der Waals surface area contributed by atoms with E-state index in [1.165, 1.54) is 25.5 Å². The Labute approximate surface area is 67.4 Å². The highest BCUT2D eigenvalue weighted by atomic mass is 17.2. The third kappa shape index (κ3) is 3.12. The minimum atomic E-state index is 0.931. The van der Waals surface area contributed by atoms with Gasteiger partial charge in [0.05, 0.1) is 0 Å². The highest BCUT2D eigenvalue weighted by Gasteiger charge is 2.00. The molecule has 0 aromatic carbocycles. The van der Waals surface area contributed by atoms with E-state index in [9.17, 15) is 0 Å². The molecule has 0 aromatic heterocycles. The molecule has 1 aliphatic rings. The molecule has 0 radical (unpaired) electrons. The predicted octanol–water partition coefficient (Wildman–Crippen LogP) is 2.93. The van der Waals surface area contributed by atoms with Crippen LogP contribution in [0.2, 0.25) is 0 Å². The van der Waals surface area contributed by atoms with Crippen molar-refractivity contribution in [2.45, 2.75) is 32.6 Å². The Balaban J connectivity index is 2.15. The molecule has 1 heterocycles. The molecule has 62 valence electrons. The van der Waals surface area contributed by atoms with Crippen LogP contribution >= 0.6 is 0 Å². The highest BCUT2D eigenvalue weighted by Crippen LogP contribution is 2.13. The monoisotopic (exact) mass is 154 g/mol. The molecule has 0 spiro atoms. The second-order valence-electron chi connectivity index (χ2n) is 2.60. The van der Waals surface area contributed by atoms with Crippen molar-refractivity contribution in [1.29, 1.82) is 0 Å². The second-order valence-corrected chi connectivity index (χ2v) is 2.60. The molecule has 0 bridgehead atoms. The normalized spacial score (nSPS) is 15.2. The van der Waals surface area contributed by atoms with Crippen molar-refractivity contribution in [1.82, 2.24) is 0 Å². The molecule has 0 atom stereocenters. The quantitative estimate of drug-likeness (QED) is 0.458. The molecule has 0 fully saturated rings. The van der Waals surface area contributed by atoms with Gasteiger partial charge in [0.2, 0.25) is 0 Å². The van der Waals surface area contributed by atoms with E-state index in [1.54, 1.807) is 0 Å². The first-order valence-electron chi connectivity index (χ1n) is 4.12. The van der Waals surface area contributed by atoms with Gasteiger partial charge in [0, 0.05) is 6.42 Å². The van der Waals surface area contributed by atoms with E-state index in [4.69, 9.17) is 4.89 Å². The first kappa shape index (κ1) is 8.18. The molecule has 0 amide bonds. The Hall–Kier alpha value is -0.920. The van der Waals surface area contributed by atoms with E-state index in [-0.39, 0.29) is 0 Å². The lowest BCUT2D eigenvalue weighted by atomic mass is 10.2. The van der Waals surface area contributed by atoms with Gasteiger partial charge in [0.15, 0.2) is 5.76 Å². The maximum Gasteiger partial charge on any atom is 0.155 e. The number of hydrogen-bond acceptors (Lipinski definition) is 2. The molecule has 0 aromatic rings. The van der Waals surface area contributed by atoms with Crippen LogP contribution in [0, 0.1) is 0 Å². The lowest BCUT2D eigenvalue weighted by molar-refractivity contribution is -0.216. The first-order chi connectivity index (χ1) is 5.43. The zero-order valence-electron chi connectivity index (χ0n) is 6.88. The first-order valence-corrected chi connectivity index (χ1v) is 4.12. The SMILES string of the molecule is CCCCCC1=CC=COO1. The van der Waals surface area contributed by atoms with Crippen molar-refractivity contribution in [2.24, 2.45) is 0 Å². The smallest absolute Gasteiger partial charge is 0.155 e. The lowest BCUT2D eigenvalue weighted by Crippen LogP contribution is -1.93. The van der Waals surface area contributed by atoms with Crippen LogP contribution in [0.5, 0.6) is 0 Å². The summed E-state index contributed by atoms with van der Waals surface area (Å²) in [6.07, 6.45) is 9.99. The average Bonchev–Trinajstić information content (AvgIpc) is 2.07. The topological polar surface area (TPSA) is 18.5 Å². The largest absolute Gasteiger partial charge is 0.298 e. The van der Waals surface area contributed by atoms with Gasteiger partial charge in [-0.05, 0) is 18.6 Å². The Kier molecular flexibility index (Phi) is 3.59. The van der Waals surface area contributed by atoms with Crippen molar-refractivity contribution in [3.8, 4) is 0 Å². The van der Waals surface area contributed by atoms with Gasteiger partial charge >= 0.3 is 0 Å². The van der Waals surface area contributed by atoms with E-state index in [0.717, 1.165) is 12.2 Å². The van der Waals surface area contributed by atoms with Gasteiger partial charge in [-0.2, -0.15) is 0 Å². The molecule has 0 saturated carbocycles. The summed E-state index contributed by atoms with van der Waals surface area (Å²) >= 11 is 0. The van der Waals surface area contributed by atoms with Gasteiger partial charge in [0.25, 0.3) is 0 Å². The Morgan fingerprint density at radius 2 is 2.27 bits per heavy atom. The Morgan fingerprint density at radius 1 is 1.36 bits per heavy atom. The molecule has 0 aliphatic carbocycles. The summed E-state index contributed by atoms with van der Waals surface area (Å²) in [5.74, 6) is 0.931. The van der Waals surface area contributed by atoms with Crippen molar-refractivity contribution < 1.29 is 9.78 Å². The fraction of sp³-hybridized carbons (Fsp3) is 0.556. The predicted molar refractivity (Wildman–Crippen MR) is 43.5 cm³/mol. The summed E-state index contributed by atoms with van der Waals surface area (Å²) in [5.41, 5.74) is 0. The molecule has 11 heavy (non-hydrogen) atoms. The van der Waals surface area contributed by atoms with E-state index in [0.29, 0.717) is 0 Å². The van der Waals surface area contributed by atoms with Crippen molar-refractivity contribution in [3.05, 3.63) is 24.2 Å². The summed E-state index contributed by atoms with van der Waals surface area (Å²) < 4.78 is 0. The highest BCUT2D eigenvalue weighted by molar-refractivity contribution is 5.07. The van der Waals surface area contributed by atoms with Crippen LogP contribution in [0.15, 0.2) is 24.2 Å². The van der Waals surface area contributed by atoms with Crippen LogP contribution in [0.3, 0.4) is 0 Å². The molecular formula is C9H14O2. The summed E-state index contributed by atoms with van der Waals surface area (Å²) in [5, 5.41) is 0. The Morgan fingerprint density at radius 3 is 2.91 bits per heavy atom. The Bertz CT molecular complexity index is 159. The third-order valence-corrected chi connectivity index (χ3v) is 1.60. The van der Waals surface area contributed by atoms with Crippen LogP contribution in [-0.4, -0.2) is 0 Å². The van der Waals surface area contributed by atoms with Crippen LogP contribution in [0.4, 0.5) is 0 Å². The maximum atomic E-state index is 4.90. The molecule has 0 unspecified atom stereocenters. The summed E-state index contributed by atoms with van der Waals surface area (Å²) in [4.78, 5) is 9.56. The van der Waals surface area contributed by atoms with Gasteiger partial charge in [-0.1, -0.05) is 19.8 Å². The van der Waals surface area contributed by atoms with Crippen molar-refractivity contribution in [2.75, 3.05) is 0 Å². The fourth-order valence-electron chi connectivity index (χ4n) is 0.970. The van der Waals surface area contributed by atoms with E-state index < -0.39 is 0 Å². The standard InChI is InChI=1S/C9H14O2/c1-2-3-4-6-9-7-5-8-10-11-9/h5,7-8H,2-4,6H2,1H3. The molecule has 0 N–H and O–H groups in total. The summed E-state index contributed by atoms with van der Waals surface area (Å²) in [6.45, 7) is 2.19. The number of hydrogen-bond donors (Lipinski definition) is 0. The molecule has 2 nitrogen and oxygen atoms in total. The van der Waals surface area contributed by atoms with Gasteiger partial charge < -0.3 is 0 Å². The molecular weight excluding hydrogens is 140 g/mol. The minimum absolute atomic E-state index is 0.931. The van der Waals surface area contributed by atoms with Crippen molar-refractivity contribution >= 4 is 0 Å². The number of allylic oxidation sites excluding steroid dienone is 3.